The van der Waals surface area contributed by atoms with E-state index >= 15 is 0 Å². The van der Waals surface area contributed by atoms with Gasteiger partial charge in [-0.25, -0.2) is 0 Å². The summed E-state index contributed by atoms with van der Waals surface area (Å²) < 4.78 is 52.4. The molecule has 0 bridgehead atoms. The van der Waals surface area contributed by atoms with Crippen molar-refractivity contribution in [3.63, 3.8) is 0 Å². The molecule has 78 heavy (non-hydrogen) atoms. The number of fused-ring (bicyclic) bond motifs is 1. The van der Waals surface area contributed by atoms with Crippen molar-refractivity contribution in [1.82, 2.24) is 0 Å². The van der Waals surface area contributed by atoms with Gasteiger partial charge in [0, 0.05) is 0 Å². The van der Waals surface area contributed by atoms with Crippen LogP contribution in [0.4, 0.5) is 13.2 Å². The van der Waals surface area contributed by atoms with Crippen LogP contribution in [0.1, 0.15) is 125 Å². The summed E-state index contributed by atoms with van der Waals surface area (Å²) in [7, 11) is 0. The molecule has 9 aromatic rings. The fourth-order valence-electron chi connectivity index (χ4n) is 9.82. The second-order valence-corrected chi connectivity index (χ2v) is 21.5. The van der Waals surface area contributed by atoms with Crippen LogP contribution in [-0.2, 0) is 10.8 Å². The standard InChI is InChI=1S/C20H24.C17H17F3.C14H14O.C13H12O.C8H10.CH4/c1-13-6-9-16(10-7-13)19-15(3)17-12-14(2)8-11-18(17)20(19,4)5;1-12-4-8-14(9-5-12)16(3,17(18,19)20)15-10-6-13(2)7-11-15;1-11-6-8-13(9-7-11)15-14-5-3-4-12(2)10-14;1-11-7-9-13(10-8-11)14-12-5-3-2-4-6-12;1-7-4-3-5-8(2)6-7;/h6-12,15,19H,1-5H3;4-11H,1-3H3;3-10H,1-2H3;2-10H,1H3;3-6H,1-2H3;1H4. The van der Waals surface area contributed by atoms with Gasteiger partial charge in [0.1, 0.15) is 28.4 Å². The van der Waals surface area contributed by atoms with Crippen molar-refractivity contribution in [3.05, 3.63) is 296 Å². The molecule has 0 aromatic heterocycles. The zero-order valence-corrected chi connectivity index (χ0v) is 47.4. The Bertz CT molecular complexity index is 3160. The summed E-state index contributed by atoms with van der Waals surface area (Å²) in [6.07, 6.45) is -4.35. The minimum Gasteiger partial charge on any atom is -0.457 e. The van der Waals surface area contributed by atoms with Gasteiger partial charge in [0.25, 0.3) is 0 Å². The highest BCUT2D eigenvalue weighted by molar-refractivity contribution is 5.50. The van der Waals surface area contributed by atoms with Crippen molar-refractivity contribution >= 4 is 0 Å². The van der Waals surface area contributed by atoms with E-state index in [1.807, 2.05) is 111 Å². The van der Waals surface area contributed by atoms with E-state index < -0.39 is 11.6 Å². The number of para-hydroxylation sites is 1. The summed E-state index contributed by atoms with van der Waals surface area (Å²) in [6, 6.07) is 71.6. The lowest BCUT2D eigenvalue weighted by Crippen LogP contribution is -2.40. The van der Waals surface area contributed by atoms with E-state index in [0.29, 0.717) is 11.8 Å². The third-order valence-corrected chi connectivity index (χ3v) is 14.4. The molecular weight excluding hydrogens is 966 g/mol. The molecule has 0 fully saturated rings. The molecule has 0 aliphatic heterocycles. The summed E-state index contributed by atoms with van der Waals surface area (Å²) >= 11 is 0. The van der Waals surface area contributed by atoms with Crippen LogP contribution in [0.15, 0.2) is 218 Å². The minimum atomic E-state index is -4.35. The quantitative estimate of drug-likeness (QED) is 0.158. The summed E-state index contributed by atoms with van der Waals surface area (Å²) in [5.41, 5.74) is 14.3. The molecule has 1 aliphatic rings. The smallest absolute Gasteiger partial charge is 0.402 e. The van der Waals surface area contributed by atoms with Crippen LogP contribution < -0.4 is 9.47 Å². The van der Waals surface area contributed by atoms with Crippen molar-refractivity contribution in [1.29, 1.82) is 0 Å². The SMILES string of the molecule is C.Cc1ccc(C(C)(c2ccc(C)cc2)C(F)(F)F)cc1.Cc1ccc(C2C(C)c3cc(C)ccc3C2(C)C)cc1.Cc1ccc(Oc2cccc(C)c2)cc1.Cc1ccc(Oc2ccccc2)cc1.Cc1cccc(C)c1. The van der Waals surface area contributed by atoms with Gasteiger partial charge in [0.15, 0.2) is 0 Å². The first-order chi connectivity index (χ1) is 36.5. The second kappa shape index (κ2) is 27.6. The number of aryl methyl sites for hydroxylation is 9. The zero-order valence-electron chi connectivity index (χ0n) is 47.4. The average molecular weight is 1050 g/mol. The molecule has 0 radical (unpaired) electrons. The first kappa shape index (κ1) is 61.2. The van der Waals surface area contributed by atoms with Gasteiger partial charge in [-0.05, 0) is 168 Å². The summed E-state index contributed by atoms with van der Waals surface area (Å²) in [5.74, 6) is 4.67. The van der Waals surface area contributed by atoms with Gasteiger partial charge < -0.3 is 9.47 Å². The summed E-state index contributed by atoms with van der Waals surface area (Å²) in [4.78, 5) is 0. The fraction of sp³-hybridized carbons (Fsp3) is 0.260. The third-order valence-electron chi connectivity index (χ3n) is 14.4. The molecule has 0 spiro atoms. The Hall–Kier alpha value is -7.63. The van der Waals surface area contributed by atoms with E-state index in [1.54, 1.807) is 54.1 Å². The van der Waals surface area contributed by atoms with Gasteiger partial charge >= 0.3 is 6.18 Å². The Morgan fingerprint density at radius 1 is 0.372 bits per heavy atom. The highest BCUT2D eigenvalue weighted by Gasteiger charge is 2.53. The fourth-order valence-corrected chi connectivity index (χ4v) is 9.82. The molecule has 406 valence electrons. The minimum absolute atomic E-state index is 0. The topological polar surface area (TPSA) is 18.5 Å². The van der Waals surface area contributed by atoms with Gasteiger partial charge in [-0.15, -0.1) is 0 Å². The normalized spacial score (nSPS) is 13.9. The Morgan fingerprint density at radius 3 is 1.13 bits per heavy atom. The Kier molecular flexibility index (Phi) is 21.7. The van der Waals surface area contributed by atoms with Crippen LogP contribution in [0.25, 0.3) is 0 Å². The molecule has 2 atom stereocenters. The van der Waals surface area contributed by atoms with E-state index in [4.69, 9.17) is 9.47 Å². The van der Waals surface area contributed by atoms with Crippen LogP contribution in [0.3, 0.4) is 0 Å². The van der Waals surface area contributed by atoms with E-state index in [-0.39, 0.29) is 24.0 Å². The van der Waals surface area contributed by atoms with Crippen LogP contribution in [-0.4, -0.2) is 6.18 Å². The Balaban J connectivity index is 0.000000184. The molecule has 5 heteroatoms. The van der Waals surface area contributed by atoms with Crippen LogP contribution in [0.5, 0.6) is 23.0 Å². The Morgan fingerprint density at radius 2 is 0.718 bits per heavy atom. The van der Waals surface area contributed by atoms with Crippen molar-refractivity contribution in [2.24, 2.45) is 0 Å². The van der Waals surface area contributed by atoms with Crippen LogP contribution in [0, 0.1) is 62.3 Å². The summed E-state index contributed by atoms with van der Waals surface area (Å²) in [6.45, 7) is 26.9. The third kappa shape index (κ3) is 16.7. The van der Waals surface area contributed by atoms with Crippen LogP contribution in [0.2, 0.25) is 0 Å². The first-order valence-electron chi connectivity index (χ1n) is 26.6. The molecule has 0 saturated carbocycles. The number of alkyl halides is 3. The second-order valence-electron chi connectivity index (χ2n) is 21.5. The molecule has 1 aliphatic carbocycles. The summed E-state index contributed by atoms with van der Waals surface area (Å²) in [5, 5.41) is 0. The van der Waals surface area contributed by atoms with Crippen molar-refractivity contribution < 1.29 is 22.6 Å². The zero-order chi connectivity index (χ0) is 55.9. The molecule has 0 N–H and O–H groups in total. The molecule has 2 nitrogen and oxygen atoms in total. The van der Waals surface area contributed by atoms with E-state index in [2.05, 4.69) is 142 Å². The lowest BCUT2D eigenvalue weighted by Gasteiger charge is -2.33. The van der Waals surface area contributed by atoms with Gasteiger partial charge in [-0.2, -0.15) is 13.2 Å². The number of hydrogen-bond donors (Lipinski definition) is 0. The maximum absolute atomic E-state index is 13.7. The monoisotopic (exact) mass is 1050 g/mol. The maximum atomic E-state index is 13.7. The lowest BCUT2D eigenvalue weighted by molar-refractivity contribution is -0.173. The highest BCUT2D eigenvalue weighted by atomic mass is 19.4. The number of halogens is 3. The molecule has 9 aromatic carbocycles. The van der Waals surface area contributed by atoms with Gasteiger partial charge in [0.05, 0.1) is 0 Å². The number of benzene rings is 9. The van der Waals surface area contributed by atoms with Crippen molar-refractivity contribution in [2.75, 3.05) is 0 Å². The molecule has 0 heterocycles. The van der Waals surface area contributed by atoms with Crippen LogP contribution >= 0.6 is 0 Å². The predicted molar refractivity (Wildman–Crippen MR) is 324 cm³/mol. The van der Waals surface area contributed by atoms with Crippen molar-refractivity contribution in [3.8, 4) is 23.0 Å². The number of ether oxygens (including phenoxy) is 2. The predicted octanol–water partition coefficient (Wildman–Crippen LogP) is 21.5. The van der Waals surface area contributed by atoms with E-state index in [9.17, 15) is 13.2 Å². The molecule has 0 amide bonds. The average Bonchev–Trinajstić information content (AvgIpc) is 3.77. The van der Waals surface area contributed by atoms with E-state index in [1.165, 1.54) is 57.0 Å². The van der Waals surface area contributed by atoms with Gasteiger partial charge in [0.2, 0.25) is 0 Å². The lowest BCUT2D eigenvalue weighted by atomic mass is 9.72. The maximum Gasteiger partial charge on any atom is 0.402 e. The highest BCUT2D eigenvalue weighted by Crippen LogP contribution is 2.55. The molecule has 2 unspecified atom stereocenters. The Labute approximate surface area is 466 Å². The molecule has 0 saturated heterocycles. The number of hydrogen-bond acceptors (Lipinski definition) is 2. The van der Waals surface area contributed by atoms with Gasteiger partial charge in [-0.1, -0.05) is 243 Å². The van der Waals surface area contributed by atoms with E-state index in [0.717, 1.165) is 34.1 Å². The van der Waals surface area contributed by atoms with Crippen molar-refractivity contribution in [2.45, 2.75) is 126 Å². The molecular formula is C73H81F3O2. The first-order valence-corrected chi connectivity index (χ1v) is 26.6. The number of rotatable bonds is 7. The van der Waals surface area contributed by atoms with Gasteiger partial charge in [-0.3, -0.25) is 0 Å². The largest absolute Gasteiger partial charge is 0.457 e. The molecule has 10 rings (SSSR count).